The fourth-order valence-corrected chi connectivity index (χ4v) is 3.91. The summed E-state index contributed by atoms with van der Waals surface area (Å²) in [6, 6.07) is 10.1. The molecule has 160 valence electrons. The van der Waals surface area contributed by atoms with Gasteiger partial charge in [-0.15, -0.1) is 0 Å². The van der Waals surface area contributed by atoms with E-state index in [1.807, 2.05) is 35.2 Å². The van der Waals surface area contributed by atoms with Gasteiger partial charge < -0.3 is 24.4 Å². The number of hydrogen-bond donors (Lipinski definition) is 1. The number of benzene rings is 1. The molecule has 2 saturated heterocycles. The summed E-state index contributed by atoms with van der Waals surface area (Å²) < 4.78 is 16.2. The molecule has 2 fully saturated rings. The molecule has 0 radical (unpaired) electrons. The summed E-state index contributed by atoms with van der Waals surface area (Å²) >= 11 is 0. The normalized spacial score (nSPS) is 18.6. The summed E-state index contributed by atoms with van der Waals surface area (Å²) in [5.41, 5.74) is 0.400. The largest absolute Gasteiger partial charge is 0.467 e. The number of amides is 1. The highest BCUT2D eigenvalue weighted by atomic mass is 16.5. The van der Waals surface area contributed by atoms with E-state index in [0.717, 1.165) is 5.56 Å². The lowest BCUT2D eigenvalue weighted by Gasteiger charge is -2.36. The third kappa shape index (κ3) is 4.36. The van der Waals surface area contributed by atoms with E-state index in [1.54, 1.807) is 0 Å². The van der Waals surface area contributed by atoms with Crippen molar-refractivity contribution in [3.05, 3.63) is 41.7 Å². The van der Waals surface area contributed by atoms with Crippen molar-refractivity contribution in [2.45, 2.75) is 24.8 Å². The number of hydrogen-bond acceptors (Lipinski definition) is 8. The van der Waals surface area contributed by atoms with Crippen molar-refractivity contribution >= 4 is 11.9 Å². The van der Waals surface area contributed by atoms with Gasteiger partial charge in [0, 0.05) is 26.3 Å². The molecule has 4 rings (SSSR count). The fraction of sp³-hybridized carbons (Fsp3) is 0.524. The van der Waals surface area contributed by atoms with E-state index < -0.39 is 5.41 Å². The lowest BCUT2D eigenvalue weighted by Crippen LogP contribution is -2.48. The maximum atomic E-state index is 13.3. The van der Waals surface area contributed by atoms with Gasteiger partial charge in [-0.05, 0) is 18.4 Å². The zero-order valence-electron chi connectivity index (χ0n) is 17.2. The quantitative estimate of drug-likeness (QED) is 0.751. The fourth-order valence-electron chi connectivity index (χ4n) is 3.91. The first-order valence-corrected chi connectivity index (χ1v) is 10.2. The van der Waals surface area contributed by atoms with Gasteiger partial charge in [0.15, 0.2) is 5.82 Å². The molecular weight excluding hydrogens is 386 g/mol. The maximum absolute atomic E-state index is 13.3. The van der Waals surface area contributed by atoms with Gasteiger partial charge >= 0.3 is 6.01 Å². The molecule has 0 atom stereocenters. The van der Waals surface area contributed by atoms with Gasteiger partial charge in [-0.3, -0.25) is 4.79 Å². The Kier molecular flexibility index (Phi) is 6.39. The Morgan fingerprint density at radius 1 is 1.07 bits per heavy atom. The van der Waals surface area contributed by atoms with Crippen molar-refractivity contribution in [1.29, 1.82) is 0 Å². The Hall–Kier alpha value is -2.78. The third-order valence-electron chi connectivity index (χ3n) is 5.64. The number of nitrogens with zero attached hydrogens (tertiary/aromatic N) is 4. The van der Waals surface area contributed by atoms with E-state index >= 15 is 0 Å². The van der Waals surface area contributed by atoms with Crippen LogP contribution < -0.4 is 15.0 Å². The number of rotatable bonds is 6. The number of nitrogens with one attached hydrogen (secondary N) is 1. The smallest absolute Gasteiger partial charge is 0.321 e. The second-order valence-electron chi connectivity index (χ2n) is 7.38. The SMILES string of the molecule is COc1nc(CNC(=O)C2(c3ccccc3)CCOCC2)nc(N2CCOCC2)n1. The van der Waals surface area contributed by atoms with Crippen molar-refractivity contribution in [2.75, 3.05) is 51.5 Å². The molecule has 1 N–H and O–H groups in total. The van der Waals surface area contributed by atoms with E-state index in [1.165, 1.54) is 7.11 Å². The van der Waals surface area contributed by atoms with Crippen molar-refractivity contribution in [3.63, 3.8) is 0 Å². The number of carbonyl (C=O) groups is 1. The molecule has 0 saturated carbocycles. The molecule has 2 aliphatic rings. The number of aromatic nitrogens is 3. The summed E-state index contributed by atoms with van der Waals surface area (Å²) in [4.78, 5) is 28.6. The molecule has 9 heteroatoms. The van der Waals surface area contributed by atoms with Crippen LogP contribution in [0.5, 0.6) is 6.01 Å². The lowest BCUT2D eigenvalue weighted by molar-refractivity contribution is -0.130. The number of carbonyl (C=O) groups excluding carboxylic acids is 1. The van der Waals surface area contributed by atoms with Crippen LogP contribution in [0.4, 0.5) is 5.95 Å². The second-order valence-corrected chi connectivity index (χ2v) is 7.38. The zero-order chi connectivity index (χ0) is 20.8. The van der Waals surface area contributed by atoms with Crippen LogP contribution in [0.1, 0.15) is 24.2 Å². The highest BCUT2D eigenvalue weighted by molar-refractivity contribution is 5.88. The number of anilines is 1. The van der Waals surface area contributed by atoms with Crippen LogP contribution in [0, 0.1) is 0 Å². The topological polar surface area (TPSA) is 98.7 Å². The molecule has 1 amide bonds. The molecule has 3 heterocycles. The van der Waals surface area contributed by atoms with Crippen LogP contribution >= 0.6 is 0 Å². The number of ether oxygens (including phenoxy) is 3. The first-order chi connectivity index (χ1) is 14.7. The van der Waals surface area contributed by atoms with Gasteiger partial charge in [-0.1, -0.05) is 30.3 Å². The minimum atomic E-state index is -0.607. The van der Waals surface area contributed by atoms with Crippen LogP contribution in [-0.4, -0.2) is 67.5 Å². The molecule has 2 aliphatic heterocycles. The molecular formula is C21H27N5O4. The van der Waals surface area contributed by atoms with Gasteiger partial charge in [0.1, 0.15) is 0 Å². The molecule has 0 bridgehead atoms. The van der Waals surface area contributed by atoms with Gasteiger partial charge in [-0.25, -0.2) is 0 Å². The summed E-state index contributed by atoms with van der Waals surface area (Å²) in [5.74, 6) is 0.967. The van der Waals surface area contributed by atoms with Gasteiger partial charge in [0.25, 0.3) is 0 Å². The first-order valence-electron chi connectivity index (χ1n) is 10.2. The Morgan fingerprint density at radius 2 is 1.77 bits per heavy atom. The molecule has 2 aromatic rings. The van der Waals surface area contributed by atoms with Crippen LogP contribution in [-0.2, 0) is 26.2 Å². The minimum Gasteiger partial charge on any atom is -0.467 e. The van der Waals surface area contributed by atoms with Crippen LogP contribution in [0.2, 0.25) is 0 Å². The van der Waals surface area contributed by atoms with E-state index in [0.29, 0.717) is 64.1 Å². The summed E-state index contributed by atoms with van der Waals surface area (Å²) in [6.07, 6.45) is 1.28. The maximum Gasteiger partial charge on any atom is 0.321 e. The average Bonchev–Trinajstić information content (AvgIpc) is 2.83. The highest BCUT2D eigenvalue weighted by Crippen LogP contribution is 2.35. The summed E-state index contributed by atoms with van der Waals surface area (Å²) in [7, 11) is 1.52. The predicted octanol–water partition coefficient (Wildman–Crippen LogP) is 1.08. The van der Waals surface area contributed by atoms with Crippen molar-refractivity contribution < 1.29 is 19.0 Å². The van der Waals surface area contributed by atoms with Crippen LogP contribution in [0.3, 0.4) is 0 Å². The summed E-state index contributed by atoms with van der Waals surface area (Å²) in [5, 5.41) is 3.04. The monoisotopic (exact) mass is 413 g/mol. The number of morpholine rings is 1. The highest BCUT2D eigenvalue weighted by Gasteiger charge is 2.41. The Labute approximate surface area is 175 Å². The molecule has 0 spiro atoms. The summed E-state index contributed by atoms with van der Waals surface area (Å²) in [6.45, 7) is 3.98. The van der Waals surface area contributed by atoms with Crippen molar-refractivity contribution in [2.24, 2.45) is 0 Å². The lowest BCUT2D eigenvalue weighted by atomic mass is 9.73. The van der Waals surface area contributed by atoms with Crippen molar-refractivity contribution in [3.8, 4) is 6.01 Å². The van der Waals surface area contributed by atoms with Gasteiger partial charge in [0.2, 0.25) is 11.9 Å². The second kappa shape index (κ2) is 9.36. The first kappa shape index (κ1) is 20.5. The predicted molar refractivity (Wildman–Crippen MR) is 109 cm³/mol. The molecule has 30 heavy (non-hydrogen) atoms. The average molecular weight is 413 g/mol. The third-order valence-corrected chi connectivity index (χ3v) is 5.64. The minimum absolute atomic E-state index is 0.0377. The van der Waals surface area contributed by atoms with E-state index in [-0.39, 0.29) is 18.5 Å². The molecule has 1 aromatic carbocycles. The molecule has 1 aromatic heterocycles. The van der Waals surface area contributed by atoms with E-state index in [4.69, 9.17) is 14.2 Å². The van der Waals surface area contributed by atoms with Gasteiger partial charge in [-0.2, -0.15) is 15.0 Å². The van der Waals surface area contributed by atoms with Gasteiger partial charge in [0.05, 0.1) is 32.3 Å². The van der Waals surface area contributed by atoms with E-state index in [2.05, 4.69) is 20.3 Å². The standard InChI is InChI=1S/C21H27N5O4/c1-28-20-24-17(23-19(25-20)26-9-13-30-14-10-26)15-22-18(27)21(7-11-29-12-8-21)16-5-3-2-4-6-16/h2-6H,7-15H2,1H3,(H,22,27). The Morgan fingerprint density at radius 3 is 2.47 bits per heavy atom. The molecule has 9 nitrogen and oxygen atoms in total. The van der Waals surface area contributed by atoms with Crippen molar-refractivity contribution in [1.82, 2.24) is 20.3 Å². The van der Waals surface area contributed by atoms with Crippen LogP contribution in [0.25, 0.3) is 0 Å². The Bertz CT molecular complexity index is 852. The zero-order valence-corrected chi connectivity index (χ0v) is 17.2. The molecule has 0 aliphatic carbocycles. The Balaban J connectivity index is 1.52. The molecule has 0 unspecified atom stereocenters. The van der Waals surface area contributed by atoms with Crippen LogP contribution in [0.15, 0.2) is 30.3 Å². The van der Waals surface area contributed by atoms with E-state index in [9.17, 15) is 4.79 Å². The number of methoxy groups -OCH3 is 1.